The predicted octanol–water partition coefficient (Wildman–Crippen LogP) is 4.28. The lowest BCUT2D eigenvalue weighted by molar-refractivity contribution is -0.117. The second-order valence-corrected chi connectivity index (χ2v) is 5.44. The molecule has 0 aliphatic carbocycles. The number of aryl methyl sites for hydroxylation is 1. The molecule has 1 amide bonds. The molecule has 0 aliphatic rings. The van der Waals surface area contributed by atoms with E-state index in [-0.39, 0.29) is 11.9 Å². The van der Waals surface area contributed by atoms with Gasteiger partial charge in [0.15, 0.2) is 0 Å². The Balaban J connectivity index is 2.05. The SMILES string of the molecule is CC[C@@H](NC(=O)/C=C/c1ccccc1)c1ccc(OC)c(C)c1. The van der Waals surface area contributed by atoms with Gasteiger partial charge in [-0.25, -0.2) is 0 Å². The van der Waals surface area contributed by atoms with Crippen LogP contribution in [0.3, 0.4) is 0 Å². The van der Waals surface area contributed by atoms with Crippen LogP contribution in [0.15, 0.2) is 54.6 Å². The van der Waals surface area contributed by atoms with E-state index in [0.717, 1.165) is 28.9 Å². The van der Waals surface area contributed by atoms with E-state index in [4.69, 9.17) is 4.74 Å². The van der Waals surface area contributed by atoms with Gasteiger partial charge in [0.05, 0.1) is 13.2 Å². The quantitative estimate of drug-likeness (QED) is 0.809. The van der Waals surface area contributed by atoms with Crippen LogP contribution in [0.5, 0.6) is 5.75 Å². The molecule has 0 spiro atoms. The second kappa shape index (κ2) is 8.18. The summed E-state index contributed by atoms with van der Waals surface area (Å²) in [6.45, 7) is 4.07. The highest BCUT2D eigenvalue weighted by Gasteiger charge is 2.12. The Hall–Kier alpha value is -2.55. The van der Waals surface area contributed by atoms with Crippen molar-refractivity contribution in [2.75, 3.05) is 7.11 Å². The smallest absolute Gasteiger partial charge is 0.244 e. The van der Waals surface area contributed by atoms with E-state index < -0.39 is 0 Å². The topological polar surface area (TPSA) is 38.3 Å². The minimum Gasteiger partial charge on any atom is -0.496 e. The monoisotopic (exact) mass is 309 g/mol. The molecule has 3 nitrogen and oxygen atoms in total. The third-order valence-electron chi connectivity index (χ3n) is 3.77. The van der Waals surface area contributed by atoms with Gasteiger partial charge in [-0.05, 0) is 42.2 Å². The molecule has 0 aromatic heterocycles. The second-order valence-electron chi connectivity index (χ2n) is 5.44. The minimum atomic E-state index is -0.0887. The molecule has 120 valence electrons. The van der Waals surface area contributed by atoms with Crippen LogP contribution in [0.2, 0.25) is 0 Å². The van der Waals surface area contributed by atoms with Crippen molar-refractivity contribution in [2.45, 2.75) is 26.3 Å². The maximum atomic E-state index is 12.1. The summed E-state index contributed by atoms with van der Waals surface area (Å²) in [7, 11) is 1.66. The number of hydrogen-bond donors (Lipinski definition) is 1. The first-order valence-corrected chi connectivity index (χ1v) is 7.82. The molecule has 2 rings (SSSR count). The molecule has 1 atom stereocenters. The number of ether oxygens (including phenoxy) is 1. The fourth-order valence-corrected chi connectivity index (χ4v) is 2.50. The van der Waals surface area contributed by atoms with E-state index in [1.54, 1.807) is 13.2 Å². The zero-order valence-electron chi connectivity index (χ0n) is 13.9. The molecule has 0 aliphatic heterocycles. The summed E-state index contributed by atoms with van der Waals surface area (Å²) in [5.41, 5.74) is 3.17. The molecule has 23 heavy (non-hydrogen) atoms. The molecule has 0 heterocycles. The molecule has 3 heteroatoms. The van der Waals surface area contributed by atoms with Crippen LogP contribution in [-0.2, 0) is 4.79 Å². The van der Waals surface area contributed by atoms with Crippen molar-refractivity contribution in [3.63, 3.8) is 0 Å². The van der Waals surface area contributed by atoms with Crippen molar-refractivity contribution in [3.05, 3.63) is 71.3 Å². The summed E-state index contributed by atoms with van der Waals surface area (Å²) in [6, 6.07) is 15.8. The van der Waals surface area contributed by atoms with E-state index >= 15 is 0 Å². The molecule has 0 saturated carbocycles. The van der Waals surface area contributed by atoms with Crippen LogP contribution >= 0.6 is 0 Å². The van der Waals surface area contributed by atoms with Crippen LogP contribution in [0.4, 0.5) is 0 Å². The summed E-state index contributed by atoms with van der Waals surface area (Å²) in [5, 5.41) is 3.05. The third kappa shape index (κ3) is 4.71. The number of nitrogens with one attached hydrogen (secondary N) is 1. The molecule has 1 N–H and O–H groups in total. The molecule has 0 fully saturated rings. The number of carbonyl (C=O) groups is 1. The van der Waals surface area contributed by atoms with Crippen molar-refractivity contribution >= 4 is 12.0 Å². The number of benzene rings is 2. The van der Waals surface area contributed by atoms with Gasteiger partial charge in [-0.3, -0.25) is 4.79 Å². The fourth-order valence-electron chi connectivity index (χ4n) is 2.50. The van der Waals surface area contributed by atoms with E-state index in [1.165, 1.54) is 0 Å². The number of hydrogen-bond acceptors (Lipinski definition) is 2. The van der Waals surface area contributed by atoms with Gasteiger partial charge in [-0.1, -0.05) is 49.4 Å². The Kier molecular flexibility index (Phi) is 5.98. The first-order valence-electron chi connectivity index (χ1n) is 7.82. The molecule has 0 unspecified atom stereocenters. The van der Waals surface area contributed by atoms with E-state index in [1.807, 2.05) is 55.5 Å². The Morgan fingerprint density at radius 3 is 2.57 bits per heavy atom. The Morgan fingerprint density at radius 1 is 1.22 bits per heavy atom. The van der Waals surface area contributed by atoms with Crippen LogP contribution < -0.4 is 10.1 Å². The van der Waals surface area contributed by atoms with Crippen molar-refractivity contribution in [1.82, 2.24) is 5.32 Å². The molecule has 2 aromatic carbocycles. The zero-order chi connectivity index (χ0) is 16.7. The van der Waals surface area contributed by atoms with Gasteiger partial charge in [0.2, 0.25) is 5.91 Å². The fraction of sp³-hybridized carbons (Fsp3) is 0.250. The van der Waals surface area contributed by atoms with E-state index in [2.05, 4.69) is 18.3 Å². The first-order chi connectivity index (χ1) is 11.1. The third-order valence-corrected chi connectivity index (χ3v) is 3.77. The van der Waals surface area contributed by atoms with Crippen molar-refractivity contribution in [2.24, 2.45) is 0 Å². The number of methoxy groups -OCH3 is 1. The van der Waals surface area contributed by atoms with Gasteiger partial charge in [0.25, 0.3) is 0 Å². The van der Waals surface area contributed by atoms with Crippen LogP contribution in [0.25, 0.3) is 6.08 Å². The lowest BCUT2D eigenvalue weighted by Gasteiger charge is -2.18. The highest BCUT2D eigenvalue weighted by Crippen LogP contribution is 2.24. The minimum absolute atomic E-state index is 0.00692. The Labute approximate surface area is 138 Å². The molecule has 0 radical (unpaired) electrons. The molecule has 2 aromatic rings. The summed E-state index contributed by atoms with van der Waals surface area (Å²) >= 11 is 0. The molecular weight excluding hydrogens is 286 g/mol. The molecular formula is C20H23NO2. The largest absolute Gasteiger partial charge is 0.496 e. The van der Waals surface area contributed by atoms with Crippen molar-refractivity contribution in [3.8, 4) is 5.75 Å². The molecule has 0 bridgehead atoms. The first kappa shape index (κ1) is 16.8. The van der Waals surface area contributed by atoms with E-state index in [9.17, 15) is 4.79 Å². The zero-order valence-corrected chi connectivity index (χ0v) is 13.9. The highest BCUT2D eigenvalue weighted by atomic mass is 16.5. The van der Waals surface area contributed by atoms with Gasteiger partial charge in [-0.15, -0.1) is 0 Å². The Bertz CT molecular complexity index is 677. The summed E-state index contributed by atoms with van der Waals surface area (Å²) in [4.78, 5) is 12.1. The van der Waals surface area contributed by atoms with Crippen LogP contribution in [0, 0.1) is 6.92 Å². The maximum Gasteiger partial charge on any atom is 0.244 e. The lowest BCUT2D eigenvalue weighted by Crippen LogP contribution is -2.26. The predicted molar refractivity (Wildman–Crippen MR) is 94.4 cm³/mol. The van der Waals surface area contributed by atoms with Gasteiger partial charge in [0, 0.05) is 6.08 Å². The standard InChI is InChI=1S/C20H23NO2/c1-4-18(17-11-12-19(23-3)15(2)14-17)21-20(22)13-10-16-8-6-5-7-9-16/h5-14,18H,4H2,1-3H3,(H,21,22)/b13-10+/t18-/m1/s1. The summed E-state index contributed by atoms with van der Waals surface area (Å²) in [6.07, 6.45) is 4.23. The average molecular weight is 309 g/mol. The number of carbonyl (C=O) groups excluding carboxylic acids is 1. The van der Waals surface area contributed by atoms with Crippen molar-refractivity contribution < 1.29 is 9.53 Å². The Morgan fingerprint density at radius 2 is 1.96 bits per heavy atom. The molecule has 0 saturated heterocycles. The van der Waals surface area contributed by atoms with Gasteiger partial charge < -0.3 is 10.1 Å². The number of rotatable bonds is 6. The number of amides is 1. The van der Waals surface area contributed by atoms with Crippen LogP contribution in [0.1, 0.15) is 36.1 Å². The van der Waals surface area contributed by atoms with E-state index in [0.29, 0.717) is 0 Å². The van der Waals surface area contributed by atoms with Crippen molar-refractivity contribution in [1.29, 1.82) is 0 Å². The lowest BCUT2D eigenvalue weighted by atomic mass is 10.0. The van der Waals surface area contributed by atoms with Gasteiger partial charge >= 0.3 is 0 Å². The van der Waals surface area contributed by atoms with Gasteiger partial charge in [0.1, 0.15) is 5.75 Å². The average Bonchev–Trinajstić information content (AvgIpc) is 2.58. The highest BCUT2D eigenvalue weighted by molar-refractivity contribution is 5.92. The summed E-state index contributed by atoms with van der Waals surface area (Å²) < 4.78 is 5.28. The summed E-state index contributed by atoms with van der Waals surface area (Å²) in [5.74, 6) is 0.771. The normalized spacial score (nSPS) is 12.1. The van der Waals surface area contributed by atoms with Crippen LogP contribution in [-0.4, -0.2) is 13.0 Å². The van der Waals surface area contributed by atoms with Gasteiger partial charge in [-0.2, -0.15) is 0 Å². The maximum absolute atomic E-state index is 12.1.